The lowest BCUT2D eigenvalue weighted by Crippen LogP contribution is -2.33. The number of hydrogen-bond acceptors (Lipinski definition) is 1. The molecule has 1 saturated carbocycles. The molecule has 0 saturated heterocycles. The van der Waals surface area contributed by atoms with Crippen LogP contribution in [-0.2, 0) is 5.41 Å². The van der Waals surface area contributed by atoms with Crippen LogP contribution in [0.3, 0.4) is 0 Å². The van der Waals surface area contributed by atoms with Crippen LogP contribution in [-0.4, -0.2) is 19.0 Å². The fourth-order valence-electron chi connectivity index (χ4n) is 2.34. The van der Waals surface area contributed by atoms with Gasteiger partial charge in [-0.15, -0.1) is 0 Å². The first-order chi connectivity index (χ1) is 9.53. The monoisotopic (exact) mass is 293 g/mol. The molecule has 0 aromatic heterocycles. The minimum atomic E-state index is 0.114. The number of rotatable bonds is 6. The fourth-order valence-corrected chi connectivity index (χ4v) is 2.67. The molecule has 0 radical (unpaired) electrons. The highest BCUT2D eigenvalue weighted by atomic mass is 35.5. The molecule has 1 aliphatic carbocycles. The first kappa shape index (κ1) is 15.2. The van der Waals surface area contributed by atoms with Gasteiger partial charge in [0.15, 0.2) is 5.96 Å². The summed E-state index contributed by atoms with van der Waals surface area (Å²) in [5, 5.41) is 4.01. The van der Waals surface area contributed by atoms with E-state index in [-0.39, 0.29) is 5.41 Å². The second kappa shape index (κ2) is 6.49. The molecular formula is C16H24ClN3. The van der Waals surface area contributed by atoms with Crippen molar-refractivity contribution < 1.29 is 0 Å². The summed E-state index contributed by atoms with van der Waals surface area (Å²) < 4.78 is 0. The molecule has 3 nitrogen and oxygen atoms in total. The van der Waals surface area contributed by atoms with Crippen molar-refractivity contribution in [3.05, 3.63) is 34.9 Å². The molecule has 0 amide bonds. The van der Waals surface area contributed by atoms with Crippen LogP contribution in [0.4, 0.5) is 0 Å². The Balaban J connectivity index is 1.91. The van der Waals surface area contributed by atoms with E-state index in [9.17, 15) is 0 Å². The zero-order valence-electron chi connectivity index (χ0n) is 12.3. The summed E-state index contributed by atoms with van der Waals surface area (Å²) in [6, 6.07) is 8.06. The van der Waals surface area contributed by atoms with Gasteiger partial charge in [-0.2, -0.15) is 0 Å². The van der Waals surface area contributed by atoms with E-state index in [0.29, 0.717) is 11.9 Å². The second-order valence-corrected chi connectivity index (χ2v) is 6.48. The molecule has 0 aliphatic heterocycles. The van der Waals surface area contributed by atoms with Crippen LogP contribution in [0.15, 0.2) is 29.3 Å². The molecule has 0 heterocycles. The van der Waals surface area contributed by atoms with Crippen molar-refractivity contribution >= 4 is 17.6 Å². The molecule has 3 N–H and O–H groups in total. The van der Waals surface area contributed by atoms with Crippen LogP contribution in [0.5, 0.6) is 0 Å². The number of nitrogens with two attached hydrogens (primary N) is 1. The van der Waals surface area contributed by atoms with Gasteiger partial charge in [-0.05, 0) is 36.8 Å². The van der Waals surface area contributed by atoms with E-state index in [0.717, 1.165) is 37.4 Å². The largest absolute Gasteiger partial charge is 0.370 e. The predicted molar refractivity (Wildman–Crippen MR) is 86.3 cm³/mol. The highest BCUT2D eigenvalue weighted by Crippen LogP contribution is 2.50. The minimum Gasteiger partial charge on any atom is -0.370 e. The van der Waals surface area contributed by atoms with Crippen molar-refractivity contribution in [1.29, 1.82) is 0 Å². The van der Waals surface area contributed by atoms with Gasteiger partial charge in [-0.25, -0.2) is 0 Å². The number of nitrogens with one attached hydrogen (secondary N) is 1. The molecule has 1 aromatic carbocycles. The van der Waals surface area contributed by atoms with Gasteiger partial charge in [0.05, 0.1) is 6.54 Å². The number of nitrogens with zero attached hydrogens (tertiary/aromatic N) is 1. The molecule has 1 aliphatic rings. The second-order valence-electron chi connectivity index (χ2n) is 6.07. The van der Waals surface area contributed by atoms with Crippen LogP contribution >= 0.6 is 11.6 Å². The van der Waals surface area contributed by atoms with Crippen LogP contribution in [0.1, 0.15) is 38.7 Å². The van der Waals surface area contributed by atoms with Crippen molar-refractivity contribution in [1.82, 2.24) is 5.32 Å². The van der Waals surface area contributed by atoms with E-state index in [1.165, 1.54) is 5.56 Å². The zero-order valence-corrected chi connectivity index (χ0v) is 13.1. The maximum atomic E-state index is 6.29. The van der Waals surface area contributed by atoms with Crippen molar-refractivity contribution in [2.45, 2.75) is 38.5 Å². The van der Waals surface area contributed by atoms with Gasteiger partial charge in [0.2, 0.25) is 0 Å². The highest BCUT2D eigenvalue weighted by molar-refractivity contribution is 6.31. The Morgan fingerprint density at radius 3 is 2.70 bits per heavy atom. The Labute approximate surface area is 126 Å². The lowest BCUT2D eigenvalue weighted by molar-refractivity contribution is 0.576. The van der Waals surface area contributed by atoms with Crippen molar-refractivity contribution in [3.8, 4) is 0 Å². The molecule has 0 atom stereocenters. The summed E-state index contributed by atoms with van der Waals surface area (Å²) in [6.07, 6.45) is 3.38. The third-order valence-electron chi connectivity index (χ3n) is 3.88. The van der Waals surface area contributed by atoms with Crippen LogP contribution in [0.2, 0.25) is 5.02 Å². The highest BCUT2D eigenvalue weighted by Gasteiger charge is 2.45. The van der Waals surface area contributed by atoms with E-state index < -0.39 is 0 Å². The average molecular weight is 294 g/mol. The number of hydrogen-bond donors (Lipinski definition) is 2. The Morgan fingerprint density at radius 1 is 1.40 bits per heavy atom. The molecular weight excluding hydrogens is 270 g/mol. The Hall–Kier alpha value is -1.22. The van der Waals surface area contributed by atoms with Crippen LogP contribution in [0, 0.1) is 5.92 Å². The molecule has 0 spiro atoms. The van der Waals surface area contributed by atoms with Crippen LogP contribution < -0.4 is 11.1 Å². The molecule has 4 heteroatoms. The Kier molecular flexibility index (Phi) is 4.92. The first-order valence-electron chi connectivity index (χ1n) is 7.32. The molecule has 1 fully saturated rings. The third kappa shape index (κ3) is 3.89. The number of benzene rings is 1. The van der Waals surface area contributed by atoms with Crippen molar-refractivity contribution in [2.24, 2.45) is 16.6 Å². The normalized spacial score (nSPS) is 17.3. The van der Waals surface area contributed by atoms with Gasteiger partial charge < -0.3 is 11.1 Å². The molecule has 20 heavy (non-hydrogen) atoms. The quantitative estimate of drug-likeness (QED) is 0.624. The summed E-state index contributed by atoms with van der Waals surface area (Å²) in [5.41, 5.74) is 7.24. The van der Waals surface area contributed by atoms with Gasteiger partial charge in [0, 0.05) is 17.0 Å². The van der Waals surface area contributed by atoms with E-state index in [4.69, 9.17) is 17.3 Å². The Morgan fingerprint density at radius 2 is 2.10 bits per heavy atom. The number of guanidine groups is 1. The maximum absolute atomic E-state index is 6.29. The lowest BCUT2D eigenvalue weighted by Gasteiger charge is -2.15. The summed E-state index contributed by atoms with van der Waals surface area (Å²) in [6.45, 7) is 6.00. The predicted octanol–water partition coefficient (Wildman–Crippen LogP) is 3.32. The number of aliphatic imine (C=N–C) groups is 1. The molecule has 0 unspecified atom stereocenters. The fraction of sp³-hybridized carbons (Fsp3) is 0.562. The Bertz CT molecular complexity index is 478. The minimum absolute atomic E-state index is 0.114. The van der Waals surface area contributed by atoms with Crippen molar-refractivity contribution in [2.75, 3.05) is 13.1 Å². The maximum Gasteiger partial charge on any atom is 0.188 e. The van der Waals surface area contributed by atoms with E-state index in [1.54, 1.807) is 0 Å². The van der Waals surface area contributed by atoms with E-state index in [2.05, 4.69) is 30.2 Å². The first-order valence-corrected chi connectivity index (χ1v) is 7.70. The molecule has 110 valence electrons. The standard InChI is InChI=1S/C16H24ClN3/c1-12(2)7-10-19-15(18)20-11-16(8-9-16)13-5-3-4-6-14(13)17/h3-6,12H,7-11H2,1-2H3,(H3,18,19,20). The topological polar surface area (TPSA) is 50.4 Å². The molecule has 0 bridgehead atoms. The lowest BCUT2D eigenvalue weighted by atomic mass is 9.96. The van der Waals surface area contributed by atoms with Gasteiger partial charge in [0.25, 0.3) is 0 Å². The molecule has 2 rings (SSSR count). The number of halogens is 1. The smallest absolute Gasteiger partial charge is 0.188 e. The van der Waals surface area contributed by atoms with Crippen molar-refractivity contribution in [3.63, 3.8) is 0 Å². The SMILES string of the molecule is CC(C)CCNC(N)=NCC1(c2ccccc2Cl)CC1. The van der Waals surface area contributed by atoms with Gasteiger partial charge in [0.1, 0.15) is 0 Å². The van der Waals surface area contributed by atoms with Gasteiger partial charge in [-0.3, -0.25) is 4.99 Å². The summed E-state index contributed by atoms with van der Waals surface area (Å²) in [5.74, 6) is 1.22. The van der Waals surface area contributed by atoms with Gasteiger partial charge in [-0.1, -0.05) is 43.6 Å². The summed E-state index contributed by atoms with van der Waals surface area (Å²) >= 11 is 6.29. The third-order valence-corrected chi connectivity index (χ3v) is 4.21. The summed E-state index contributed by atoms with van der Waals surface area (Å²) in [4.78, 5) is 4.50. The summed E-state index contributed by atoms with van der Waals surface area (Å²) in [7, 11) is 0. The van der Waals surface area contributed by atoms with E-state index in [1.807, 2.05) is 18.2 Å². The van der Waals surface area contributed by atoms with Gasteiger partial charge >= 0.3 is 0 Å². The zero-order chi connectivity index (χ0) is 14.6. The molecule has 1 aromatic rings. The van der Waals surface area contributed by atoms with Crippen LogP contribution in [0.25, 0.3) is 0 Å². The average Bonchev–Trinajstić information content (AvgIpc) is 3.17. The van der Waals surface area contributed by atoms with E-state index >= 15 is 0 Å².